The van der Waals surface area contributed by atoms with Gasteiger partial charge in [0.15, 0.2) is 5.69 Å². The summed E-state index contributed by atoms with van der Waals surface area (Å²) >= 11 is 0. The van der Waals surface area contributed by atoms with E-state index < -0.39 is 11.9 Å². The molecule has 0 saturated heterocycles. The van der Waals surface area contributed by atoms with Crippen molar-refractivity contribution in [2.75, 3.05) is 6.54 Å². The Kier molecular flexibility index (Phi) is 4.54. The van der Waals surface area contributed by atoms with Crippen molar-refractivity contribution in [2.24, 2.45) is 14.1 Å². The van der Waals surface area contributed by atoms with Crippen LogP contribution >= 0.6 is 0 Å². The molecule has 0 saturated carbocycles. The van der Waals surface area contributed by atoms with Crippen LogP contribution in [0.3, 0.4) is 0 Å². The van der Waals surface area contributed by atoms with Crippen LogP contribution in [0.1, 0.15) is 27.3 Å². The van der Waals surface area contributed by atoms with E-state index >= 15 is 0 Å². The summed E-state index contributed by atoms with van der Waals surface area (Å²) in [6.45, 7) is 0.733. The fraction of sp³-hybridized carbons (Fsp3) is 0.273. The average molecular weight is 440 g/mol. The number of pyridine rings is 1. The van der Waals surface area contributed by atoms with Gasteiger partial charge in [0.25, 0.3) is 5.91 Å². The van der Waals surface area contributed by atoms with Crippen LogP contribution in [-0.2, 0) is 33.2 Å². The number of amides is 1. The number of benzene rings is 1. The van der Waals surface area contributed by atoms with Gasteiger partial charge in [-0.05, 0) is 36.8 Å². The fourth-order valence-electron chi connectivity index (χ4n) is 4.23. The number of alkyl halides is 3. The Morgan fingerprint density at radius 1 is 1.06 bits per heavy atom. The third-order valence-corrected chi connectivity index (χ3v) is 5.75. The normalized spacial score (nSPS) is 14.1. The van der Waals surface area contributed by atoms with Crippen LogP contribution in [0.15, 0.2) is 42.6 Å². The van der Waals surface area contributed by atoms with Crippen LogP contribution in [0, 0.1) is 0 Å². The number of hydrogen-bond donors (Lipinski definition) is 0. The number of carbonyl (C=O) groups excluding carboxylic acids is 1. The lowest BCUT2D eigenvalue weighted by atomic mass is 10.0. The lowest BCUT2D eigenvalue weighted by molar-refractivity contribution is -0.141. The summed E-state index contributed by atoms with van der Waals surface area (Å²) in [5.41, 5.74) is 2.89. The number of halogens is 3. The zero-order chi connectivity index (χ0) is 22.6. The van der Waals surface area contributed by atoms with Gasteiger partial charge in [0.1, 0.15) is 0 Å². The lowest BCUT2D eigenvalue weighted by Gasteiger charge is -2.26. The number of carbonyl (C=O) groups is 1. The molecule has 0 unspecified atom stereocenters. The first-order chi connectivity index (χ1) is 15.2. The minimum absolute atomic E-state index is 0.117. The van der Waals surface area contributed by atoms with Gasteiger partial charge in [-0.1, -0.05) is 6.07 Å². The van der Waals surface area contributed by atoms with Crippen LogP contribution in [0.5, 0.6) is 0 Å². The molecule has 1 aliphatic heterocycles. The second-order valence-corrected chi connectivity index (χ2v) is 7.82. The van der Waals surface area contributed by atoms with Gasteiger partial charge in [0.2, 0.25) is 0 Å². The molecule has 164 valence electrons. The van der Waals surface area contributed by atoms with E-state index in [9.17, 15) is 18.0 Å². The zero-order valence-corrected chi connectivity index (χ0v) is 17.4. The topological polar surface area (TPSA) is 68.8 Å². The van der Waals surface area contributed by atoms with Crippen molar-refractivity contribution >= 4 is 16.8 Å². The summed E-state index contributed by atoms with van der Waals surface area (Å²) in [5, 5.41) is 9.01. The SMILES string of the molecule is Cn1nc(C(F)(F)F)cc1-c1c2c(nn1C)CN(C(=O)c1ccc3ncccc3c1)CC2. The number of aromatic nitrogens is 5. The Bertz CT molecular complexity index is 1350. The molecule has 5 rings (SSSR count). The monoisotopic (exact) mass is 440 g/mol. The van der Waals surface area contributed by atoms with E-state index in [-0.39, 0.29) is 12.5 Å². The van der Waals surface area contributed by atoms with E-state index in [1.807, 2.05) is 24.3 Å². The van der Waals surface area contributed by atoms with Gasteiger partial charge in [-0.15, -0.1) is 0 Å². The molecule has 32 heavy (non-hydrogen) atoms. The van der Waals surface area contributed by atoms with Crippen LogP contribution < -0.4 is 0 Å². The first kappa shape index (κ1) is 20.2. The predicted molar refractivity (Wildman–Crippen MR) is 111 cm³/mol. The summed E-state index contributed by atoms with van der Waals surface area (Å²) in [7, 11) is 3.17. The van der Waals surface area contributed by atoms with Crippen molar-refractivity contribution in [1.29, 1.82) is 0 Å². The first-order valence-electron chi connectivity index (χ1n) is 10.0. The lowest BCUT2D eigenvalue weighted by Crippen LogP contribution is -2.36. The van der Waals surface area contributed by atoms with E-state index in [0.29, 0.717) is 35.6 Å². The van der Waals surface area contributed by atoms with E-state index in [4.69, 9.17) is 0 Å². The molecule has 0 bridgehead atoms. The summed E-state index contributed by atoms with van der Waals surface area (Å²) in [5.74, 6) is -0.117. The third-order valence-electron chi connectivity index (χ3n) is 5.75. The number of hydrogen-bond acceptors (Lipinski definition) is 4. The molecule has 1 aliphatic rings. The van der Waals surface area contributed by atoms with Gasteiger partial charge in [-0.3, -0.25) is 19.1 Å². The maximum absolute atomic E-state index is 13.1. The quantitative estimate of drug-likeness (QED) is 0.478. The third kappa shape index (κ3) is 3.31. The standard InChI is InChI=1S/C22H19F3N6O/c1-29-18(11-19(28-29)22(23,24)25)20-15-7-9-31(12-17(15)27-30(20)2)21(32)14-5-6-16-13(10-14)4-3-8-26-16/h3-6,8,10-11H,7,9,12H2,1-2H3. The van der Waals surface area contributed by atoms with E-state index in [1.54, 1.807) is 28.9 Å². The van der Waals surface area contributed by atoms with Crippen LogP contribution in [0.4, 0.5) is 13.2 Å². The molecule has 7 nitrogen and oxygen atoms in total. The second kappa shape index (κ2) is 7.18. The van der Waals surface area contributed by atoms with E-state index in [1.165, 1.54) is 11.7 Å². The number of fused-ring (bicyclic) bond motifs is 2. The highest BCUT2D eigenvalue weighted by atomic mass is 19.4. The van der Waals surface area contributed by atoms with Crippen molar-refractivity contribution in [2.45, 2.75) is 19.1 Å². The summed E-state index contributed by atoms with van der Waals surface area (Å²) in [6.07, 6.45) is -2.33. The molecular formula is C22H19F3N6O. The highest BCUT2D eigenvalue weighted by Gasteiger charge is 2.36. The van der Waals surface area contributed by atoms with Crippen molar-refractivity contribution in [3.05, 3.63) is 65.1 Å². The van der Waals surface area contributed by atoms with Crippen molar-refractivity contribution in [1.82, 2.24) is 29.4 Å². The van der Waals surface area contributed by atoms with Crippen LogP contribution in [0.2, 0.25) is 0 Å². The average Bonchev–Trinajstić information content (AvgIpc) is 3.30. The number of nitrogens with zero attached hydrogens (tertiary/aromatic N) is 6. The van der Waals surface area contributed by atoms with Gasteiger partial charge in [-0.2, -0.15) is 23.4 Å². The van der Waals surface area contributed by atoms with Gasteiger partial charge >= 0.3 is 6.18 Å². The molecule has 0 aliphatic carbocycles. The Morgan fingerprint density at radius 3 is 2.62 bits per heavy atom. The Morgan fingerprint density at radius 2 is 1.88 bits per heavy atom. The van der Waals surface area contributed by atoms with E-state index in [0.717, 1.165) is 22.5 Å². The van der Waals surface area contributed by atoms with Crippen LogP contribution in [-0.4, -0.2) is 41.9 Å². The Balaban J connectivity index is 1.45. The number of rotatable bonds is 2. The van der Waals surface area contributed by atoms with Gasteiger partial charge in [0, 0.05) is 43.4 Å². The van der Waals surface area contributed by atoms with Gasteiger partial charge in [0.05, 0.1) is 29.1 Å². The molecule has 4 aromatic rings. The van der Waals surface area contributed by atoms with Crippen molar-refractivity contribution < 1.29 is 18.0 Å². The van der Waals surface area contributed by atoms with Gasteiger partial charge in [-0.25, -0.2) is 0 Å². The summed E-state index contributed by atoms with van der Waals surface area (Å²) < 4.78 is 42.1. The van der Waals surface area contributed by atoms with Crippen molar-refractivity contribution in [3.63, 3.8) is 0 Å². The zero-order valence-electron chi connectivity index (χ0n) is 17.4. The molecule has 0 radical (unpaired) electrons. The minimum Gasteiger partial charge on any atom is -0.332 e. The Labute approximate surface area is 181 Å². The second-order valence-electron chi connectivity index (χ2n) is 7.82. The molecular weight excluding hydrogens is 421 g/mol. The smallest absolute Gasteiger partial charge is 0.332 e. The fourth-order valence-corrected chi connectivity index (χ4v) is 4.23. The molecule has 0 atom stereocenters. The molecule has 0 N–H and O–H groups in total. The van der Waals surface area contributed by atoms with Gasteiger partial charge < -0.3 is 4.90 Å². The molecule has 10 heteroatoms. The minimum atomic E-state index is -4.52. The highest BCUT2D eigenvalue weighted by molar-refractivity contribution is 5.98. The maximum Gasteiger partial charge on any atom is 0.435 e. The first-order valence-corrected chi connectivity index (χ1v) is 10.0. The predicted octanol–water partition coefficient (Wildman–Crippen LogP) is 3.59. The maximum atomic E-state index is 13.1. The molecule has 0 spiro atoms. The molecule has 0 fully saturated rings. The summed E-state index contributed by atoms with van der Waals surface area (Å²) in [4.78, 5) is 19.1. The summed E-state index contributed by atoms with van der Waals surface area (Å²) in [6, 6.07) is 10.2. The molecule has 4 heterocycles. The molecule has 1 amide bonds. The van der Waals surface area contributed by atoms with E-state index in [2.05, 4.69) is 15.2 Å². The van der Waals surface area contributed by atoms with Crippen molar-refractivity contribution in [3.8, 4) is 11.4 Å². The largest absolute Gasteiger partial charge is 0.435 e. The molecule has 1 aromatic carbocycles. The highest BCUT2D eigenvalue weighted by Crippen LogP contribution is 2.35. The molecule has 3 aromatic heterocycles. The Hall–Kier alpha value is -3.69. The number of aryl methyl sites for hydroxylation is 2. The van der Waals surface area contributed by atoms with Crippen LogP contribution in [0.25, 0.3) is 22.3 Å².